The van der Waals surface area contributed by atoms with E-state index in [1.807, 2.05) is 0 Å². The summed E-state index contributed by atoms with van der Waals surface area (Å²) in [5.74, 6) is -0.786. The second-order valence-electron chi connectivity index (χ2n) is 7.36. The van der Waals surface area contributed by atoms with Crippen LogP contribution in [0.3, 0.4) is 0 Å². The van der Waals surface area contributed by atoms with Crippen molar-refractivity contribution in [3.8, 4) is 11.7 Å². The standard InChI is InChI=1S/C23H21F2N7O2/c24-8-11-34-16-6-7-19(25)17(13-16)18(12-14-2-4-15(5-3-14)20(26)27)21-30-23(33)32(31-21)22-28-9-1-10-29-22/h1-7,9-10,13,18H,8,11-12H2,(H3,26,27)(H,30,31,33). The number of aromatic amines is 1. The van der Waals surface area contributed by atoms with Gasteiger partial charge in [-0.2, -0.15) is 0 Å². The van der Waals surface area contributed by atoms with E-state index in [2.05, 4.69) is 20.1 Å². The van der Waals surface area contributed by atoms with Crippen molar-refractivity contribution in [2.45, 2.75) is 12.3 Å². The number of nitrogen functional groups attached to an aromatic ring is 1. The fraction of sp³-hybridized carbons (Fsp3) is 0.174. The van der Waals surface area contributed by atoms with Crippen LogP contribution < -0.4 is 16.2 Å². The van der Waals surface area contributed by atoms with Crippen molar-refractivity contribution >= 4 is 5.84 Å². The number of hydrogen-bond donors (Lipinski definition) is 3. The minimum absolute atomic E-state index is 0.0695. The van der Waals surface area contributed by atoms with Crippen molar-refractivity contribution in [2.75, 3.05) is 13.3 Å². The van der Waals surface area contributed by atoms with Crippen LogP contribution in [0.25, 0.3) is 5.95 Å². The Labute approximate surface area is 192 Å². The minimum Gasteiger partial charge on any atom is -0.491 e. The maximum atomic E-state index is 15.0. The number of nitrogens with zero attached hydrogens (tertiary/aromatic N) is 4. The zero-order valence-electron chi connectivity index (χ0n) is 17.9. The third kappa shape index (κ3) is 4.98. The van der Waals surface area contributed by atoms with Crippen LogP contribution in [0, 0.1) is 11.2 Å². The topological polar surface area (TPSA) is 136 Å². The molecule has 0 spiro atoms. The van der Waals surface area contributed by atoms with Gasteiger partial charge in [-0.15, -0.1) is 9.78 Å². The molecule has 11 heteroatoms. The monoisotopic (exact) mass is 465 g/mol. The van der Waals surface area contributed by atoms with Crippen molar-refractivity contribution < 1.29 is 13.5 Å². The Bertz CT molecular complexity index is 1340. The van der Waals surface area contributed by atoms with E-state index in [1.54, 1.807) is 30.3 Å². The second-order valence-corrected chi connectivity index (χ2v) is 7.36. The maximum Gasteiger partial charge on any atom is 0.350 e. The second kappa shape index (κ2) is 10.0. The van der Waals surface area contributed by atoms with Crippen LogP contribution in [0.15, 0.2) is 65.7 Å². The SMILES string of the molecule is N=C(N)c1ccc(CC(c2nn(-c3ncccn3)c(=O)[nH]2)c2cc(OCCF)ccc2F)cc1. The Hall–Kier alpha value is -4.41. The van der Waals surface area contributed by atoms with Crippen molar-refractivity contribution in [2.24, 2.45) is 5.73 Å². The number of amidine groups is 1. The number of alkyl halides is 1. The average Bonchev–Trinajstić information content (AvgIpc) is 3.24. The van der Waals surface area contributed by atoms with E-state index in [1.165, 1.54) is 30.6 Å². The summed E-state index contributed by atoms with van der Waals surface area (Å²) in [6.07, 6.45) is 3.20. The van der Waals surface area contributed by atoms with Crippen molar-refractivity contribution in [1.82, 2.24) is 24.7 Å². The van der Waals surface area contributed by atoms with Gasteiger partial charge in [-0.3, -0.25) is 10.4 Å². The molecule has 0 bridgehead atoms. The van der Waals surface area contributed by atoms with E-state index in [4.69, 9.17) is 15.9 Å². The molecular weight excluding hydrogens is 444 g/mol. The number of hydrogen-bond acceptors (Lipinski definition) is 6. The Balaban J connectivity index is 1.78. The molecule has 0 radical (unpaired) electrons. The van der Waals surface area contributed by atoms with E-state index >= 15 is 4.39 Å². The summed E-state index contributed by atoms with van der Waals surface area (Å²) in [6, 6.07) is 12.6. The van der Waals surface area contributed by atoms with Crippen LogP contribution in [0.1, 0.15) is 28.4 Å². The molecule has 0 aliphatic heterocycles. The fourth-order valence-corrected chi connectivity index (χ4v) is 3.48. The number of benzene rings is 2. The summed E-state index contributed by atoms with van der Waals surface area (Å²) in [4.78, 5) is 23.4. The van der Waals surface area contributed by atoms with Gasteiger partial charge >= 0.3 is 5.69 Å². The molecule has 0 amide bonds. The molecule has 2 heterocycles. The third-order valence-corrected chi connectivity index (χ3v) is 5.10. The predicted octanol–water partition coefficient (Wildman–Crippen LogP) is 2.50. The molecule has 4 rings (SSSR count). The van der Waals surface area contributed by atoms with E-state index in [-0.39, 0.29) is 36.2 Å². The van der Waals surface area contributed by atoms with Gasteiger partial charge in [0.05, 0.1) is 5.92 Å². The molecule has 0 fully saturated rings. The predicted molar refractivity (Wildman–Crippen MR) is 121 cm³/mol. The molecule has 0 aliphatic rings. The molecule has 9 nitrogen and oxygen atoms in total. The summed E-state index contributed by atoms with van der Waals surface area (Å²) < 4.78 is 33.9. The first-order valence-corrected chi connectivity index (χ1v) is 10.3. The Kier molecular flexibility index (Phi) is 6.72. The molecule has 1 atom stereocenters. The highest BCUT2D eigenvalue weighted by molar-refractivity contribution is 5.94. The molecule has 34 heavy (non-hydrogen) atoms. The van der Waals surface area contributed by atoms with Crippen molar-refractivity contribution in [3.05, 3.63) is 99.7 Å². The smallest absolute Gasteiger partial charge is 0.350 e. The molecular formula is C23H21F2N7O2. The lowest BCUT2D eigenvalue weighted by Crippen LogP contribution is -2.18. The molecule has 0 saturated carbocycles. The van der Waals surface area contributed by atoms with Gasteiger partial charge in [0.25, 0.3) is 5.95 Å². The molecule has 0 aliphatic carbocycles. The van der Waals surface area contributed by atoms with Crippen LogP contribution in [0.5, 0.6) is 5.75 Å². The lowest BCUT2D eigenvalue weighted by Gasteiger charge is -2.17. The largest absolute Gasteiger partial charge is 0.491 e. The number of ether oxygens (including phenoxy) is 1. The number of aromatic nitrogens is 5. The highest BCUT2D eigenvalue weighted by Gasteiger charge is 2.25. The van der Waals surface area contributed by atoms with Gasteiger partial charge in [0.2, 0.25) is 0 Å². The average molecular weight is 465 g/mol. The van der Waals surface area contributed by atoms with Gasteiger partial charge in [-0.05, 0) is 36.2 Å². The first-order valence-electron chi connectivity index (χ1n) is 10.3. The number of nitrogens with one attached hydrogen (secondary N) is 2. The van der Waals surface area contributed by atoms with Crippen LogP contribution in [0.4, 0.5) is 8.78 Å². The van der Waals surface area contributed by atoms with Crippen LogP contribution in [-0.2, 0) is 6.42 Å². The summed E-state index contributed by atoms with van der Waals surface area (Å²) in [5.41, 5.74) is 6.49. The third-order valence-electron chi connectivity index (χ3n) is 5.10. The zero-order valence-corrected chi connectivity index (χ0v) is 17.9. The normalized spacial score (nSPS) is 11.8. The maximum absolute atomic E-state index is 15.0. The summed E-state index contributed by atoms with van der Waals surface area (Å²) >= 11 is 0. The zero-order chi connectivity index (χ0) is 24.1. The molecule has 4 N–H and O–H groups in total. The van der Waals surface area contributed by atoms with E-state index in [9.17, 15) is 9.18 Å². The van der Waals surface area contributed by atoms with Gasteiger partial charge in [0.15, 0.2) is 0 Å². The van der Waals surface area contributed by atoms with Crippen molar-refractivity contribution in [1.29, 1.82) is 5.41 Å². The number of H-pyrrole nitrogens is 1. The Morgan fingerprint density at radius 3 is 2.59 bits per heavy atom. The lowest BCUT2D eigenvalue weighted by molar-refractivity contribution is 0.272. The van der Waals surface area contributed by atoms with Crippen LogP contribution in [0.2, 0.25) is 0 Å². The lowest BCUT2D eigenvalue weighted by atomic mass is 9.90. The van der Waals surface area contributed by atoms with E-state index in [0.717, 1.165) is 10.2 Å². The molecule has 174 valence electrons. The highest BCUT2D eigenvalue weighted by atomic mass is 19.1. The van der Waals surface area contributed by atoms with E-state index in [0.29, 0.717) is 11.3 Å². The number of nitrogens with two attached hydrogens (primary N) is 1. The van der Waals surface area contributed by atoms with E-state index < -0.39 is 24.1 Å². The molecule has 4 aromatic rings. The van der Waals surface area contributed by atoms with Crippen LogP contribution >= 0.6 is 0 Å². The summed E-state index contributed by atoms with van der Waals surface area (Å²) in [6.45, 7) is -0.855. The van der Waals surface area contributed by atoms with Crippen molar-refractivity contribution in [3.63, 3.8) is 0 Å². The fourth-order valence-electron chi connectivity index (χ4n) is 3.48. The van der Waals surface area contributed by atoms with Gasteiger partial charge in [0, 0.05) is 23.5 Å². The Morgan fingerprint density at radius 2 is 1.91 bits per heavy atom. The van der Waals surface area contributed by atoms with Crippen LogP contribution in [-0.4, -0.2) is 43.8 Å². The summed E-state index contributed by atoms with van der Waals surface area (Å²) in [5, 5.41) is 11.9. The van der Waals surface area contributed by atoms with Gasteiger partial charge in [-0.1, -0.05) is 24.3 Å². The van der Waals surface area contributed by atoms with Gasteiger partial charge in [-0.25, -0.2) is 23.5 Å². The molecule has 2 aromatic heterocycles. The van der Waals surface area contributed by atoms with Gasteiger partial charge in [0.1, 0.15) is 36.5 Å². The molecule has 2 aromatic carbocycles. The first kappa shape index (κ1) is 22.8. The summed E-state index contributed by atoms with van der Waals surface area (Å²) in [7, 11) is 0. The Morgan fingerprint density at radius 1 is 1.18 bits per heavy atom. The van der Waals surface area contributed by atoms with Gasteiger partial charge < -0.3 is 10.5 Å². The quantitative estimate of drug-likeness (QED) is 0.257. The molecule has 0 saturated heterocycles. The molecule has 1 unspecified atom stereocenters. The highest BCUT2D eigenvalue weighted by Crippen LogP contribution is 2.31. The number of rotatable bonds is 9. The number of halogens is 2. The first-order chi connectivity index (χ1) is 16.5. The minimum atomic E-state index is -0.727.